The molecule has 3 unspecified atom stereocenters. The van der Waals surface area contributed by atoms with Crippen molar-refractivity contribution in [3.63, 3.8) is 0 Å². The fourth-order valence-electron chi connectivity index (χ4n) is 7.25. The first kappa shape index (κ1) is 35.1. The summed E-state index contributed by atoms with van der Waals surface area (Å²) in [4.78, 5) is 27.6. The van der Waals surface area contributed by atoms with Crippen molar-refractivity contribution < 1.29 is 31.8 Å². The number of ether oxygens (including phenoxy) is 2. The third kappa shape index (κ3) is 7.15. The number of anilines is 2. The number of halogens is 5. The van der Waals surface area contributed by atoms with E-state index in [-0.39, 0.29) is 36.2 Å². The number of aromatic nitrogens is 4. The molecule has 16 heteroatoms. The van der Waals surface area contributed by atoms with E-state index in [9.17, 15) is 22.4 Å². The molecular formula is C33H41ClF4N8O3. The van der Waals surface area contributed by atoms with Crippen molar-refractivity contribution in [3.05, 3.63) is 56.5 Å². The average Bonchev–Trinajstić information content (AvgIpc) is 3.66. The number of fused-ring (bicyclic) bond motifs is 3. The minimum absolute atomic E-state index is 0.0256. The first-order valence-electron chi connectivity index (χ1n) is 16.4. The quantitative estimate of drug-likeness (QED) is 0.283. The van der Waals surface area contributed by atoms with Crippen LogP contribution in [0.2, 0.25) is 5.02 Å². The summed E-state index contributed by atoms with van der Waals surface area (Å²) in [5, 5.41) is 4.09. The number of methoxy groups -OCH3 is 1. The van der Waals surface area contributed by atoms with Gasteiger partial charge in [0.2, 0.25) is 0 Å². The van der Waals surface area contributed by atoms with Crippen LogP contribution >= 0.6 is 11.6 Å². The van der Waals surface area contributed by atoms with E-state index >= 15 is 0 Å². The van der Waals surface area contributed by atoms with Gasteiger partial charge in [-0.15, -0.1) is 0 Å². The number of aryl methyl sites for hydroxylation is 1. The van der Waals surface area contributed by atoms with Crippen LogP contribution in [0.5, 0.6) is 6.01 Å². The molecule has 0 radical (unpaired) electrons. The lowest BCUT2D eigenvalue weighted by Crippen LogP contribution is -2.29. The van der Waals surface area contributed by atoms with Crippen LogP contribution in [0.3, 0.4) is 0 Å². The van der Waals surface area contributed by atoms with Crippen molar-refractivity contribution in [2.45, 2.75) is 83.2 Å². The highest BCUT2D eigenvalue weighted by atomic mass is 35.5. The van der Waals surface area contributed by atoms with Gasteiger partial charge in [-0.25, -0.2) is 4.39 Å². The molecule has 6 heterocycles. The molecule has 0 saturated carbocycles. The Morgan fingerprint density at radius 1 is 1.16 bits per heavy atom. The van der Waals surface area contributed by atoms with Gasteiger partial charge in [0.15, 0.2) is 5.69 Å². The number of carbonyl (C=O) groups excluding carboxylic acids is 1. The van der Waals surface area contributed by atoms with Gasteiger partial charge in [0.25, 0.3) is 5.91 Å². The molecule has 0 aliphatic carbocycles. The predicted molar refractivity (Wildman–Crippen MR) is 175 cm³/mol. The lowest BCUT2D eigenvalue weighted by atomic mass is 9.94. The monoisotopic (exact) mass is 708 g/mol. The fraction of sp³-hybridized carbons (Fsp3) is 0.576. The standard InChI is InChI=1S/C26H29ClF3N7O3.C7H12FN/c1-13-19-11-36(6-5-7-37(19)34-22(13)24(38)35(2)3)23-16-12-40-20(10-18(16)32-25(33-23)39-4)15-8-14(31)9-17(27)21(15)26(28,29)30;8-6-4-7-2-1-3-9(7)5-6/h8-9,20H,5-7,10-12,31H2,1-4H3;6-7H,1-5H2. The molecule has 1 aromatic carbocycles. The van der Waals surface area contributed by atoms with Crippen LogP contribution in [-0.4, -0.2) is 88.5 Å². The maximum atomic E-state index is 13.9. The summed E-state index contributed by atoms with van der Waals surface area (Å²) in [6, 6.07) is 3.03. The first-order valence-corrected chi connectivity index (χ1v) is 16.7. The largest absolute Gasteiger partial charge is 0.467 e. The molecule has 2 saturated heterocycles. The highest BCUT2D eigenvalue weighted by molar-refractivity contribution is 6.31. The molecule has 7 rings (SSSR count). The number of alkyl halides is 4. The molecule has 2 fully saturated rings. The van der Waals surface area contributed by atoms with Crippen LogP contribution in [0.25, 0.3) is 0 Å². The molecule has 2 N–H and O–H groups in total. The average molecular weight is 709 g/mol. The van der Waals surface area contributed by atoms with Crippen LogP contribution in [0.4, 0.5) is 29.1 Å². The van der Waals surface area contributed by atoms with Crippen molar-refractivity contribution in [1.82, 2.24) is 29.5 Å². The number of rotatable bonds is 4. The summed E-state index contributed by atoms with van der Waals surface area (Å²) in [6.45, 7) is 5.36. The molecular weight excluding hydrogens is 668 g/mol. The van der Waals surface area contributed by atoms with Crippen LogP contribution in [0.15, 0.2) is 12.1 Å². The van der Waals surface area contributed by atoms with Crippen LogP contribution in [-0.2, 0) is 37.0 Å². The van der Waals surface area contributed by atoms with Gasteiger partial charge in [0.05, 0.1) is 48.3 Å². The molecule has 266 valence electrons. The molecule has 1 amide bonds. The molecule has 3 aromatic rings. The Labute approximate surface area is 287 Å². The number of carbonyl (C=O) groups is 1. The van der Waals surface area contributed by atoms with E-state index in [0.29, 0.717) is 55.0 Å². The van der Waals surface area contributed by atoms with Crippen molar-refractivity contribution in [1.29, 1.82) is 0 Å². The Kier molecular flexibility index (Phi) is 9.97. The number of amides is 1. The minimum atomic E-state index is -4.70. The number of nitrogens with zero attached hydrogens (tertiary/aromatic N) is 7. The van der Waals surface area contributed by atoms with Crippen LogP contribution < -0.4 is 15.4 Å². The SMILES string of the molecule is COc1nc2c(c(N3CCCn4nc(C(=O)N(C)C)c(C)c4C3)n1)COC(c1cc(N)cc(Cl)c1C(F)(F)F)C2.FC1CC2CCCN2C1. The highest BCUT2D eigenvalue weighted by Crippen LogP contribution is 2.44. The second kappa shape index (κ2) is 13.9. The van der Waals surface area contributed by atoms with Gasteiger partial charge in [0.1, 0.15) is 12.0 Å². The van der Waals surface area contributed by atoms with Gasteiger partial charge in [-0.05, 0) is 56.8 Å². The Morgan fingerprint density at radius 3 is 2.63 bits per heavy atom. The molecule has 2 aromatic heterocycles. The Hall–Kier alpha value is -3.69. The number of benzene rings is 1. The van der Waals surface area contributed by atoms with E-state index in [1.165, 1.54) is 30.9 Å². The maximum absolute atomic E-state index is 13.9. The summed E-state index contributed by atoms with van der Waals surface area (Å²) in [7, 11) is 4.80. The molecule has 0 spiro atoms. The second-order valence-electron chi connectivity index (χ2n) is 13.2. The van der Waals surface area contributed by atoms with E-state index in [1.54, 1.807) is 14.1 Å². The van der Waals surface area contributed by atoms with Gasteiger partial charge < -0.3 is 25.0 Å². The zero-order valence-electron chi connectivity index (χ0n) is 28.0. The summed E-state index contributed by atoms with van der Waals surface area (Å²) in [5.41, 5.74) is 8.09. The van der Waals surface area contributed by atoms with Gasteiger partial charge >= 0.3 is 12.2 Å². The fourth-order valence-corrected chi connectivity index (χ4v) is 7.59. The van der Waals surface area contributed by atoms with E-state index in [1.807, 2.05) is 16.5 Å². The Morgan fingerprint density at radius 2 is 1.94 bits per heavy atom. The van der Waals surface area contributed by atoms with Gasteiger partial charge in [-0.1, -0.05) is 11.6 Å². The van der Waals surface area contributed by atoms with Crippen molar-refractivity contribution in [2.75, 3.05) is 51.5 Å². The summed E-state index contributed by atoms with van der Waals surface area (Å²) < 4.78 is 67.7. The van der Waals surface area contributed by atoms with E-state index in [4.69, 9.17) is 26.8 Å². The van der Waals surface area contributed by atoms with Crippen molar-refractivity contribution >= 4 is 29.0 Å². The minimum Gasteiger partial charge on any atom is -0.467 e. The molecule has 11 nitrogen and oxygen atoms in total. The lowest BCUT2D eigenvalue weighted by molar-refractivity contribution is -0.139. The number of hydrogen-bond acceptors (Lipinski definition) is 9. The summed E-state index contributed by atoms with van der Waals surface area (Å²) in [6.07, 6.45) is -2.10. The molecule has 3 atom stereocenters. The smallest absolute Gasteiger partial charge is 0.418 e. The maximum Gasteiger partial charge on any atom is 0.418 e. The summed E-state index contributed by atoms with van der Waals surface area (Å²) >= 11 is 5.98. The Balaban J connectivity index is 0.000000396. The Bertz CT molecular complexity index is 1710. The zero-order valence-corrected chi connectivity index (χ0v) is 28.7. The zero-order chi connectivity index (χ0) is 35.2. The molecule has 49 heavy (non-hydrogen) atoms. The lowest BCUT2D eigenvalue weighted by Gasteiger charge is -2.31. The van der Waals surface area contributed by atoms with Gasteiger partial charge in [0, 0.05) is 63.0 Å². The molecule has 4 aliphatic rings. The highest BCUT2D eigenvalue weighted by Gasteiger charge is 2.40. The number of nitrogens with two attached hydrogens (primary N) is 1. The first-order chi connectivity index (χ1) is 23.2. The third-order valence-corrected chi connectivity index (χ3v) is 9.94. The van der Waals surface area contributed by atoms with Crippen LogP contribution in [0, 0.1) is 6.92 Å². The van der Waals surface area contributed by atoms with Crippen LogP contribution in [0.1, 0.15) is 75.9 Å². The number of nitrogen functional groups attached to an aromatic ring is 1. The normalized spacial score (nSPS) is 22.1. The van der Waals surface area contributed by atoms with E-state index in [0.717, 1.165) is 36.7 Å². The molecule has 0 bridgehead atoms. The third-order valence-electron chi connectivity index (χ3n) is 9.64. The van der Waals surface area contributed by atoms with E-state index < -0.39 is 29.0 Å². The summed E-state index contributed by atoms with van der Waals surface area (Å²) in [5.74, 6) is 0.390. The molecule has 4 aliphatic heterocycles. The van der Waals surface area contributed by atoms with Gasteiger partial charge in [-0.2, -0.15) is 28.2 Å². The van der Waals surface area contributed by atoms with Crippen molar-refractivity contribution in [2.24, 2.45) is 0 Å². The van der Waals surface area contributed by atoms with Gasteiger partial charge in [-0.3, -0.25) is 14.4 Å². The second-order valence-corrected chi connectivity index (χ2v) is 13.6. The van der Waals surface area contributed by atoms with E-state index in [2.05, 4.69) is 20.0 Å². The topological polar surface area (TPSA) is 115 Å². The van der Waals surface area contributed by atoms with Crippen molar-refractivity contribution in [3.8, 4) is 6.01 Å². The number of hydrogen-bond donors (Lipinski definition) is 1. The predicted octanol–water partition coefficient (Wildman–Crippen LogP) is 5.36.